The molecule has 0 aromatic heterocycles. The second-order valence-electron chi connectivity index (χ2n) is 6.86. The molecule has 2 rings (SSSR count). The molecule has 1 aliphatic heterocycles. The SMILES string of the molecule is C=C1C(=O)O[C@H]2/C=C(\C)CC/C=C(\C=O)C[C@@H](OC(=O)[C@H](C)CC)[C@@H]12. The van der Waals surface area contributed by atoms with Gasteiger partial charge in [0.15, 0.2) is 0 Å². The van der Waals surface area contributed by atoms with E-state index in [1.807, 2.05) is 26.0 Å². The van der Waals surface area contributed by atoms with Crippen molar-refractivity contribution in [2.75, 3.05) is 0 Å². The van der Waals surface area contributed by atoms with Crippen LogP contribution in [0.15, 0.2) is 35.5 Å². The Bertz CT molecular complexity index is 628. The van der Waals surface area contributed by atoms with Crippen LogP contribution in [0.2, 0.25) is 0 Å². The maximum atomic E-state index is 12.3. The van der Waals surface area contributed by atoms with Gasteiger partial charge in [-0.15, -0.1) is 0 Å². The van der Waals surface area contributed by atoms with Crippen molar-refractivity contribution in [3.05, 3.63) is 35.5 Å². The Kier molecular flexibility index (Phi) is 6.34. The van der Waals surface area contributed by atoms with Crippen LogP contribution >= 0.6 is 0 Å². The number of allylic oxidation sites excluding steroid dienone is 2. The fraction of sp³-hybridized carbons (Fsp3) is 0.550. The zero-order valence-electron chi connectivity index (χ0n) is 15.1. The van der Waals surface area contributed by atoms with Crippen LogP contribution in [0.4, 0.5) is 0 Å². The zero-order valence-corrected chi connectivity index (χ0v) is 15.1. The van der Waals surface area contributed by atoms with Crippen LogP contribution in [0.3, 0.4) is 0 Å². The third-order valence-corrected chi connectivity index (χ3v) is 4.93. The van der Waals surface area contributed by atoms with Gasteiger partial charge in [-0.25, -0.2) is 4.79 Å². The highest BCUT2D eigenvalue weighted by atomic mass is 16.6. The molecule has 0 radical (unpaired) electrons. The number of carbonyl (C=O) groups excluding carboxylic acids is 3. The van der Waals surface area contributed by atoms with Gasteiger partial charge in [0.1, 0.15) is 18.5 Å². The molecule has 0 N–H and O–H groups in total. The van der Waals surface area contributed by atoms with E-state index in [0.717, 1.165) is 18.3 Å². The highest BCUT2D eigenvalue weighted by Gasteiger charge is 2.44. The largest absolute Gasteiger partial charge is 0.461 e. The Morgan fingerprint density at radius 1 is 1.52 bits per heavy atom. The van der Waals surface area contributed by atoms with Gasteiger partial charge in [-0.2, -0.15) is 0 Å². The smallest absolute Gasteiger partial charge is 0.334 e. The molecule has 0 unspecified atom stereocenters. The van der Waals surface area contributed by atoms with E-state index in [0.29, 0.717) is 24.0 Å². The molecular weight excluding hydrogens is 320 g/mol. The fourth-order valence-electron chi connectivity index (χ4n) is 3.12. The molecule has 0 saturated carbocycles. The van der Waals surface area contributed by atoms with Gasteiger partial charge in [-0.05, 0) is 37.8 Å². The summed E-state index contributed by atoms with van der Waals surface area (Å²) in [5, 5.41) is 0. The topological polar surface area (TPSA) is 69.7 Å². The highest BCUT2D eigenvalue weighted by Crippen LogP contribution is 2.36. The predicted octanol–water partition coefficient (Wildman–Crippen LogP) is 3.30. The van der Waals surface area contributed by atoms with Crippen molar-refractivity contribution in [1.82, 2.24) is 0 Å². The van der Waals surface area contributed by atoms with Crippen LogP contribution in [0.1, 0.15) is 46.5 Å². The van der Waals surface area contributed by atoms with Crippen molar-refractivity contribution < 1.29 is 23.9 Å². The molecule has 1 saturated heterocycles. The molecule has 136 valence electrons. The first-order valence-corrected chi connectivity index (χ1v) is 8.79. The summed E-state index contributed by atoms with van der Waals surface area (Å²) >= 11 is 0. The Morgan fingerprint density at radius 3 is 2.88 bits per heavy atom. The summed E-state index contributed by atoms with van der Waals surface area (Å²) in [6.45, 7) is 9.51. The van der Waals surface area contributed by atoms with E-state index in [1.54, 1.807) is 6.92 Å². The molecule has 5 nitrogen and oxygen atoms in total. The van der Waals surface area contributed by atoms with Gasteiger partial charge in [0.05, 0.1) is 11.8 Å². The van der Waals surface area contributed by atoms with Crippen LogP contribution in [0.25, 0.3) is 0 Å². The third-order valence-electron chi connectivity index (χ3n) is 4.93. The van der Waals surface area contributed by atoms with Gasteiger partial charge in [-0.3, -0.25) is 9.59 Å². The van der Waals surface area contributed by atoms with Crippen molar-refractivity contribution in [1.29, 1.82) is 0 Å². The average Bonchev–Trinajstić information content (AvgIpc) is 2.85. The highest BCUT2D eigenvalue weighted by molar-refractivity contribution is 5.91. The standard InChI is InChI=1S/C20H26O5/c1-5-13(3)19(22)24-17-10-15(11-21)8-6-7-12(2)9-16-18(17)14(4)20(23)25-16/h8-9,11,13,16-18H,4-7,10H2,1-3H3/b12-9+,15-8-/t13-,16+,17-,18+/m1/s1. The summed E-state index contributed by atoms with van der Waals surface area (Å²) < 4.78 is 11.1. The summed E-state index contributed by atoms with van der Waals surface area (Å²) in [4.78, 5) is 35.8. The molecular formula is C20H26O5. The average molecular weight is 346 g/mol. The number of fused-ring (bicyclic) bond motifs is 1. The van der Waals surface area contributed by atoms with Crippen LogP contribution in [0, 0.1) is 11.8 Å². The Morgan fingerprint density at radius 2 is 2.24 bits per heavy atom. The van der Waals surface area contributed by atoms with Gasteiger partial charge in [0.25, 0.3) is 0 Å². The van der Waals surface area contributed by atoms with Crippen molar-refractivity contribution in [3.63, 3.8) is 0 Å². The lowest BCUT2D eigenvalue weighted by Crippen LogP contribution is -2.35. The van der Waals surface area contributed by atoms with Crippen LogP contribution < -0.4 is 0 Å². The van der Waals surface area contributed by atoms with E-state index < -0.39 is 24.1 Å². The molecule has 0 bridgehead atoms. The summed E-state index contributed by atoms with van der Waals surface area (Å²) in [5.74, 6) is -1.53. The van der Waals surface area contributed by atoms with Crippen molar-refractivity contribution in [2.24, 2.45) is 11.8 Å². The predicted molar refractivity (Wildman–Crippen MR) is 93.6 cm³/mol. The van der Waals surface area contributed by atoms with Crippen molar-refractivity contribution >= 4 is 18.2 Å². The number of esters is 2. The minimum atomic E-state index is -0.649. The zero-order chi connectivity index (χ0) is 18.6. The lowest BCUT2D eigenvalue weighted by Gasteiger charge is -2.28. The fourth-order valence-corrected chi connectivity index (χ4v) is 3.12. The molecule has 2 aliphatic rings. The van der Waals surface area contributed by atoms with Gasteiger partial charge in [0.2, 0.25) is 0 Å². The van der Waals surface area contributed by atoms with E-state index in [1.165, 1.54) is 0 Å². The molecule has 25 heavy (non-hydrogen) atoms. The number of carbonyl (C=O) groups is 3. The number of rotatable bonds is 4. The Balaban J connectivity index is 2.39. The first-order valence-electron chi connectivity index (χ1n) is 8.79. The quantitative estimate of drug-likeness (QED) is 0.338. The lowest BCUT2D eigenvalue weighted by molar-refractivity contribution is -0.156. The van der Waals surface area contributed by atoms with E-state index in [2.05, 4.69) is 6.58 Å². The molecule has 0 spiro atoms. The minimum absolute atomic E-state index is 0.249. The lowest BCUT2D eigenvalue weighted by atomic mass is 9.85. The monoisotopic (exact) mass is 346 g/mol. The summed E-state index contributed by atoms with van der Waals surface area (Å²) in [7, 11) is 0. The summed E-state index contributed by atoms with van der Waals surface area (Å²) in [6.07, 6.45) is 5.82. The molecule has 4 atom stereocenters. The molecule has 1 heterocycles. The Labute approximate surface area is 148 Å². The molecule has 1 fully saturated rings. The molecule has 0 aromatic rings. The van der Waals surface area contributed by atoms with E-state index in [9.17, 15) is 14.4 Å². The van der Waals surface area contributed by atoms with Gasteiger partial charge in [0, 0.05) is 12.0 Å². The van der Waals surface area contributed by atoms with Gasteiger partial charge >= 0.3 is 11.9 Å². The first kappa shape index (κ1) is 19.2. The maximum absolute atomic E-state index is 12.3. The van der Waals surface area contributed by atoms with Gasteiger partial charge in [-0.1, -0.05) is 32.1 Å². The molecule has 0 aromatic carbocycles. The summed E-state index contributed by atoms with van der Waals surface area (Å²) in [6, 6.07) is 0. The maximum Gasteiger partial charge on any atom is 0.334 e. The van der Waals surface area contributed by atoms with Crippen molar-refractivity contribution in [2.45, 2.75) is 58.7 Å². The first-order chi connectivity index (χ1) is 11.9. The van der Waals surface area contributed by atoms with E-state index >= 15 is 0 Å². The molecule has 1 aliphatic carbocycles. The van der Waals surface area contributed by atoms with E-state index in [4.69, 9.17) is 9.47 Å². The second-order valence-corrected chi connectivity index (χ2v) is 6.86. The third kappa shape index (κ3) is 4.47. The van der Waals surface area contributed by atoms with Crippen LogP contribution in [-0.2, 0) is 23.9 Å². The molecule has 0 amide bonds. The second kappa shape index (κ2) is 8.28. The van der Waals surface area contributed by atoms with Crippen LogP contribution in [-0.4, -0.2) is 30.4 Å². The number of hydrogen-bond acceptors (Lipinski definition) is 5. The minimum Gasteiger partial charge on any atom is -0.461 e. The van der Waals surface area contributed by atoms with Gasteiger partial charge < -0.3 is 9.47 Å². The number of hydrogen-bond donors (Lipinski definition) is 0. The van der Waals surface area contributed by atoms with Crippen molar-refractivity contribution in [3.8, 4) is 0 Å². The summed E-state index contributed by atoms with van der Waals surface area (Å²) in [5.41, 5.74) is 1.93. The van der Waals surface area contributed by atoms with Crippen LogP contribution in [0.5, 0.6) is 0 Å². The number of aldehydes is 1. The Hall–Kier alpha value is -2.17. The normalized spacial score (nSPS) is 32.4. The molecule has 5 heteroatoms. The van der Waals surface area contributed by atoms with E-state index in [-0.39, 0.29) is 18.3 Å². The number of ether oxygens (including phenoxy) is 2.